The van der Waals surface area contributed by atoms with Gasteiger partial charge in [-0.2, -0.15) is 0 Å². The van der Waals surface area contributed by atoms with Crippen molar-refractivity contribution in [1.82, 2.24) is 14.9 Å². The molecule has 1 atom stereocenters. The van der Waals surface area contributed by atoms with E-state index in [-0.39, 0.29) is 11.9 Å². The average Bonchev–Trinajstić information content (AvgIpc) is 3.10. The van der Waals surface area contributed by atoms with Crippen molar-refractivity contribution in [3.8, 4) is 0 Å². The molecule has 4 rings (SSSR count). The monoisotopic (exact) mass is 339 g/mol. The van der Waals surface area contributed by atoms with Gasteiger partial charge >= 0.3 is 0 Å². The van der Waals surface area contributed by atoms with Gasteiger partial charge < -0.3 is 14.6 Å². The smallest absolute Gasteiger partial charge is 0.231 e. The lowest BCUT2D eigenvalue weighted by Gasteiger charge is -2.38. The van der Waals surface area contributed by atoms with Crippen LogP contribution in [0, 0.1) is 6.92 Å². The van der Waals surface area contributed by atoms with E-state index in [0.717, 1.165) is 43.6 Å². The Balaban J connectivity index is 1.55. The lowest BCUT2D eigenvalue weighted by molar-refractivity contribution is -0.131. The quantitative estimate of drug-likeness (QED) is 0.934. The number of nitrogens with one attached hydrogen (secondary N) is 1. The summed E-state index contributed by atoms with van der Waals surface area (Å²) in [5.74, 6) is 1.26. The summed E-state index contributed by atoms with van der Waals surface area (Å²) in [4.78, 5) is 17.7. The van der Waals surface area contributed by atoms with Gasteiger partial charge in [-0.25, -0.2) is 4.98 Å². The maximum absolute atomic E-state index is 13.3. The minimum atomic E-state index is -0.471. The Kier molecular flexibility index (Phi) is 4.34. The van der Waals surface area contributed by atoms with E-state index < -0.39 is 5.41 Å². The number of amides is 1. The topological polar surface area (TPSA) is 56.2 Å². The second-order valence-electron chi connectivity index (χ2n) is 7.27. The number of carbonyl (C=O) groups is 1. The maximum Gasteiger partial charge on any atom is 0.231 e. The minimum absolute atomic E-state index is 0.146. The highest BCUT2D eigenvalue weighted by Gasteiger charge is 2.42. The van der Waals surface area contributed by atoms with E-state index in [2.05, 4.69) is 46.1 Å². The van der Waals surface area contributed by atoms with Gasteiger partial charge in [-0.1, -0.05) is 29.8 Å². The summed E-state index contributed by atoms with van der Waals surface area (Å²) in [6.45, 7) is 4.15. The van der Waals surface area contributed by atoms with Crippen molar-refractivity contribution >= 4 is 5.91 Å². The van der Waals surface area contributed by atoms with Crippen LogP contribution in [-0.4, -0.2) is 34.7 Å². The summed E-state index contributed by atoms with van der Waals surface area (Å²) in [6.07, 6.45) is 7.18. The number of imidazole rings is 1. The SMILES string of the molecule is Cc1ccc(C2(C(=O)N[C@H]3CCc4nccn4C3)CCOCC2)cc1. The van der Waals surface area contributed by atoms with Crippen molar-refractivity contribution in [2.45, 2.75) is 50.6 Å². The predicted molar refractivity (Wildman–Crippen MR) is 95.4 cm³/mol. The molecule has 0 saturated carbocycles. The molecule has 0 unspecified atom stereocenters. The van der Waals surface area contributed by atoms with Crippen LogP contribution >= 0.6 is 0 Å². The fraction of sp³-hybridized carbons (Fsp3) is 0.500. The highest BCUT2D eigenvalue weighted by molar-refractivity contribution is 5.88. The first-order chi connectivity index (χ1) is 12.2. The molecule has 1 aromatic heterocycles. The van der Waals surface area contributed by atoms with E-state index in [1.54, 1.807) is 0 Å². The number of ether oxygens (including phenoxy) is 1. The molecule has 1 aromatic carbocycles. The first-order valence-electron chi connectivity index (χ1n) is 9.13. The lowest BCUT2D eigenvalue weighted by atomic mass is 9.73. The molecule has 2 aliphatic heterocycles. The highest BCUT2D eigenvalue weighted by Crippen LogP contribution is 2.35. The molecule has 1 fully saturated rings. The molecule has 25 heavy (non-hydrogen) atoms. The zero-order chi connectivity index (χ0) is 17.3. The first-order valence-corrected chi connectivity index (χ1v) is 9.13. The van der Waals surface area contributed by atoms with Gasteiger partial charge in [0.15, 0.2) is 0 Å². The van der Waals surface area contributed by atoms with E-state index in [0.29, 0.717) is 13.2 Å². The number of aromatic nitrogens is 2. The molecular formula is C20H25N3O2. The fourth-order valence-corrected chi connectivity index (χ4v) is 4.05. The molecule has 1 N–H and O–H groups in total. The Morgan fingerprint density at radius 1 is 1.28 bits per heavy atom. The summed E-state index contributed by atoms with van der Waals surface area (Å²) in [5.41, 5.74) is 1.85. The molecule has 0 bridgehead atoms. The molecule has 5 nitrogen and oxygen atoms in total. The van der Waals surface area contributed by atoms with E-state index in [4.69, 9.17) is 4.74 Å². The van der Waals surface area contributed by atoms with Crippen LogP contribution < -0.4 is 5.32 Å². The van der Waals surface area contributed by atoms with E-state index >= 15 is 0 Å². The molecule has 3 heterocycles. The van der Waals surface area contributed by atoms with Crippen LogP contribution in [-0.2, 0) is 27.9 Å². The van der Waals surface area contributed by atoms with Crippen molar-refractivity contribution < 1.29 is 9.53 Å². The van der Waals surface area contributed by atoms with Crippen molar-refractivity contribution in [3.63, 3.8) is 0 Å². The maximum atomic E-state index is 13.3. The molecule has 0 aliphatic carbocycles. The van der Waals surface area contributed by atoms with Crippen LogP contribution in [0.3, 0.4) is 0 Å². The summed E-state index contributed by atoms with van der Waals surface area (Å²) in [5, 5.41) is 3.33. The van der Waals surface area contributed by atoms with Crippen molar-refractivity contribution in [3.05, 3.63) is 53.6 Å². The largest absolute Gasteiger partial charge is 0.381 e. The van der Waals surface area contributed by atoms with Crippen molar-refractivity contribution in [2.75, 3.05) is 13.2 Å². The second-order valence-corrected chi connectivity index (χ2v) is 7.27. The van der Waals surface area contributed by atoms with Crippen LogP contribution in [0.2, 0.25) is 0 Å². The number of benzene rings is 1. The highest BCUT2D eigenvalue weighted by atomic mass is 16.5. The number of nitrogens with zero attached hydrogens (tertiary/aromatic N) is 2. The van der Waals surface area contributed by atoms with Crippen LogP contribution in [0.15, 0.2) is 36.7 Å². The minimum Gasteiger partial charge on any atom is -0.381 e. The first kappa shape index (κ1) is 16.3. The van der Waals surface area contributed by atoms with E-state index in [9.17, 15) is 4.79 Å². The van der Waals surface area contributed by atoms with Crippen LogP contribution in [0.1, 0.15) is 36.2 Å². The number of rotatable bonds is 3. The van der Waals surface area contributed by atoms with Gasteiger partial charge in [0.05, 0.1) is 5.41 Å². The van der Waals surface area contributed by atoms with Crippen molar-refractivity contribution in [1.29, 1.82) is 0 Å². The fourth-order valence-electron chi connectivity index (χ4n) is 4.05. The van der Waals surface area contributed by atoms with Gasteiger partial charge in [-0.05, 0) is 31.7 Å². The predicted octanol–water partition coefficient (Wildman–Crippen LogP) is 2.37. The van der Waals surface area contributed by atoms with Gasteiger partial charge in [-0.3, -0.25) is 4.79 Å². The molecular weight excluding hydrogens is 314 g/mol. The van der Waals surface area contributed by atoms with Crippen LogP contribution in [0.5, 0.6) is 0 Å². The van der Waals surface area contributed by atoms with Crippen LogP contribution in [0.25, 0.3) is 0 Å². The Bertz CT molecular complexity index is 745. The number of carbonyl (C=O) groups excluding carboxylic acids is 1. The molecule has 0 radical (unpaired) electrons. The van der Waals surface area contributed by atoms with Gasteiger partial charge in [0, 0.05) is 44.6 Å². The molecule has 2 aromatic rings. The van der Waals surface area contributed by atoms with Gasteiger partial charge in [-0.15, -0.1) is 0 Å². The number of hydrogen-bond donors (Lipinski definition) is 1. The van der Waals surface area contributed by atoms with Crippen LogP contribution in [0.4, 0.5) is 0 Å². The zero-order valence-corrected chi connectivity index (χ0v) is 14.7. The third-order valence-corrected chi connectivity index (χ3v) is 5.66. The zero-order valence-electron chi connectivity index (χ0n) is 14.7. The van der Waals surface area contributed by atoms with E-state index in [1.807, 2.05) is 12.4 Å². The molecule has 1 amide bonds. The molecule has 2 aliphatic rings. The summed E-state index contributed by atoms with van der Waals surface area (Å²) in [6, 6.07) is 8.57. The third kappa shape index (κ3) is 3.09. The lowest BCUT2D eigenvalue weighted by Crippen LogP contribution is -2.52. The average molecular weight is 339 g/mol. The standard InChI is InChI=1S/C20H25N3O2/c1-15-2-4-16(5-3-15)20(8-12-25-13-9-20)19(24)22-17-6-7-18-21-10-11-23(18)14-17/h2-5,10-11,17H,6-9,12-14H2,1H3,(H,22,24)/t17-/m0/s1. The summed E-state index contributed by atoms with van der Waals surface area (Å²) in [7, 11) is 0. The van der Waals surface area contributed by atoms with Gasteiger partial charge in [0.2, 0.25) is 5.91 Å². The molecule has 0 spiro atoms. The molecule has 5 heteroatoms. The number of fused-ring (bicyclic) bond motifs is 1. The molecule has 132 valence electrons. The Labute approximate surface area is 148 Å². The third-order valence-electron chi connectivity index (χ3n) is 5.66. The van der Waals surface area contributed by atoms with Gasteiger partial charge in [0.25, 0.3) is 0 Å². The Morgan fingerprint density at radius 3 is 2.80 bits per heavy atom. The Hall–Kier alpha value is -2.14. The molecule has 1 saturated heterocycles. The van der Waals surface area contributed by atoms with Gasteiger partial charge in [0.1, 0.15) is 5.82 Å². The second kappa shape index (κ2) is 6.64. The van der Waals surface area contributed by atoms with Crippen molar-refractivity contribution in [2.24, 2.45) is 0 Å². The summed E-state index contributed by atoms with van der Waals surface area (Å²) >= 11 is 0. The van der Waals surface area contributed by atoms with E-state index in [1.165, 1.54) is 5.56 Å². The summed E-state index contributed by atoms with van der Waals surface area (Å²) < 4.78 is 7.70. The Morgan fingerprint density at radius 2 is 2.04 bits per heavy atom. The normalized spacial score (nSPS) is 22.2. The number of aryl methyl sites for hydroxylation is 2. The number of hydrogen-bond acceptors (Lipinski definition) is 3.